The fourth-order valence-corrected chi connectivity index (χ4v) is 0.629. The Morgan fingerprint density at radius 3 is 1.87 bits per heavy atom. The Morgan fingerprint density at radius 1 is 1.00 bits per heavy atom. The number of rotatable bonds is 8. The monoisotopic (exact) mass is 224 g/mol. The summed E-state index contributed by atoms with van der Waals surface area (Å²) in [6.07, 6.45) is 0.703. The van der Waals surface area contributed by atoms with Crippen molar-refractivity contribution in [3.8, 4) is 0 Å². The van der Waals surface area contributed by atoms with E-state index in [1.807, 2.05) is 6.92 Å². The lowest BCUT2D eigenvalue weighted by atomic mass is 10.4. The van der Waals surface area contributed by atoms with Crippen LogP contribution < -0.4 is 0 Å². The van der Waals surface area contributed by atoms with Gasteiger partial charge in [-0.25, -0.2) is 0 Å². The molecule has 5 nitrogen and oxygen atoms in total. The van der Waals surface area contributed by atoms with Crippen LogP contribution in [0.25, 0.3) is 0 Å². The lowest BCUT2D eigenvalue weighted by Crippen LogP contribution is -2.10. The number of ether oxygens (including phenoxy) is 2. The van der Waals surface area contributed by atoms with E-state index in [0.717, 1.165) is 13.0 Å². The summed E-state index contributed by atoms with van der Waals surface area (Å²) >= 11 is 0. The van der Waals surface area contributed by atoms with Gasteiger partial charge in [0.2, 0.25) is 0 Å². The Hall–Kier alpha value is -0.200. The highest BCUT2D eigenvalue weighted by Crippen LogP contribution is 1.83. The molecule has 0 aromatic heterocycles. The molecule has 0 radical (unpaired) electrons. The third-order valence-electron chi connectivity index (χ3n) is 1.18. The predicted octanol–water partition coefficient (Wildman–Crippen LogP) is -0.219. The van der Waals surface area contributed by atoms with Crippen LogP contribution in [-0.2, 0) is 9.47 Å². The molecule has 0 fully saturated rings. The minimum Gasteiger partial charge on any atom is -0.394 e. The van der Waals surface area contributed by atoms with Crippen molar-refractivity contribution in [1.29, 1.82) is 0 Å². The fraction of sp³-hybridized carbons (Fsp3) is 1.00. The van der Waals surface area contributed by atoms with Crippen molar-refractivity contribution in [2.24, 2.45) is 0 Å². The highest BCUT2D eigenvalue weighted by Gasteiger charge is 1.91. The summed E-state index contributed by atoms with van der Waals surface area (Å²) in [6.45, 7) is 5.68. The molecule has 1 unspecified atom stereocenters. The maximum absolute atomic E-state index is 8.65. The van der Waals surface area contributed by atoms with Crippen molar-refractivity contribution >= 4 is 0 Å². The predicted molar refractivity (Wildman–Crippen MR) is 57.8 cm³/mol. The molecule has 0 aromatic carbocycles. The van der Waals surface area contributed by atoms with Gasteiger partial charge >= 0.3 is 0 Å². The summed E-state index contributed by atoms with van der Waals surface area (Å²) in [5.74, 6) is 0. The molecular weight excluding hydrogens is 200 g/mol. The van der Waals surface area contributed by atoms with E-state index in [9.17, 15) is 0 Å². The number of hydrogen-bond acceptors (Lipinski definition) is 5. The van der Waals surface area contributed by atoms with Crippen molar-refractivity contribution in [3.05, 3.63) is 0 Å². The molecule has 94 valence electrons. The zero-order valence-electron chi connectivity index (χ0n) is 9.69. The van der Waals surface area contributed by atoms with Crippen LogP contribution in [0, 0.1) is 0 Å². The number of aliphatic hydroxyl groups excluding tert-OH is 3. The zero-order valence-corrected chi connectivity index (χ0v) is 9.69. The van der Waals surface area contributed by atoms with Gasteiger partial charge in [-0.1, -0.05) is 6.92 Å². The van der Waals surface area contributed by atoms with Gasteiger partial charge < -0.3 is 24.8 Å². The summed E-state index contributed by atoms with van der Waals surface area (Å²) in [4.78, 5) is 0. The quantitative estimate of drug-likeness (QED) is 0.497. The molecule has 0 saturated carbocycles. The third-order valence-corrected chi connectivity index (χ3v) is 1.18. The summed E-state index contributed by atoms with van der Waals surface area (Å²) < 4.78 is 9.63. The Balaban J connectivity index is 0. The first-order valence-electron chi connectivity index (χ1n) is 5.24. The van der Waals surface area contributed by atoms with Crippen molar-refractivity contribution < 1.29 is 24.8 Å². The molecule has 0 aliphatic heterocycles. The molecule has 3 N–H and O–H groups in total. The van der Waals surface area contributed by atoms with Crippen molar-refractivity contribution in [3.63, 3.8) is 0 Å². The van der Waals surface area contributed by atoms with Crippen molar-refractivity contribution in [2.75, 3.05) is 39.6 Å². The summed E-state index contributed by atoms with van der Waals surface area (Å²) in [5, 5.41) is 24.8. The SMILES string of the molecule is CCCOCC(C)O.OCCOCCO. The second-order valence-corrected chi connectivity index (χ2v) is 2.98. The fourth-order valence-electron chi connectivity index (χ4n) is 0.629. The number of hydrogen-bond donors (Lipinski definition) is 3. The zero-order chi connectivity index (χ0) is 11.9. The van der Waals surface area contributed by atoms with Crippen LogP contribution in [0.5, 0.6) is 0 Å². The van der Waals surface area contributed by atoms with Crippen LogP contribution in [-0.4, -0.2) is 61.1 Å². The van der Waals surface area contributed by atoms with Gasteiger partial charge in [0, 0.05) is 6.61 Å². The lowest BCUT2D eigenvalue weighted by molar-refractivity contribution is 0.0466. The maximum Gasteiger partial charge on any atom is 0.0745 e. The minimum atomic E-state index is -0.318. The maximum atomic E-state index is 8.65. The van der Waals surface area contributed by atoms with Gasteiger partial charge in [0.1, 0.15) is 0 Å². The van der Waals surface area contributed by atoms with Crippen LogP contribution in [0.3, 0.4) is 0 Å². The van der Waals surface area contributed by atoms with E-state index >= 15 is 0 Å². The van der Waals surface area contributed by atoms with E-state index in [0.29, 0.717) is 19.8 Å². The molecule has 0 saturated heterocycles. The van der Waals surface area contributed by atoms with E-state index in [1.54, 1.807) is 6.92 Å². The van der Waals surface area contributed by atoms with Gasteiger partial charge in [-0.3, -0.25) is 0 Å². The van der Waals surface area contributed by atoms with Gasteiger partial charge in [-0.15, -0.1) is 0 Å². The van der Waals surface area contributed by atoms with Crippen LogP contribution >= 0.6 is 0 Å². The largest absolute Gasteiger partial charge is 0.394 e. The van der Waals surface area contributed by atoms with Crippen molar-refractivity contribution in [2.45, 2.75) is 26.4 Å². The molecule has 0 spiro atoms. The van der Waals surface area contributed by atoms with E-state index in [4.69, 9.17) is 20.1 Å². The molecule has 0 aliphatic rings. The van der Waals surface area contributed by atoms with E-state index in [2.05, 4.69) is 4.74 Å². The first kappa shape index (κ1) is 17.2. The summed E-state index contributed by atoms with van der Waals surface area (Å²) in [5.41, 5.74) is 0. The van der Waals surface area contributed by atoms with E-state index in [-0.39, 0.29) is 19.3 Å². The molecule has 1 atom stereocenters. The Kier molecular flexibility index (Phi) is 18.6. The normalized spacial score (nSPS) is 11.8. The first-order chi connectivity index (χ1) is 7.18. The molecule has 0 aromatic rings. The van der Waals surface area contributed by atoms with Crippen LogP contribution in [0.1, 0.15) is 20.3 Å². The van der Waals surface area contributed by atoms with E-state index in [1.165, 1.54) is 0 Å². The Labute approximate surface area is 91.6 Å². The smallest absolute Gasteiger partial charge is 0.0745 e. The third kappa shape index (κ3) is 24.8. The molecule has 0 rings (SSSR count). The van der Waals surface area contributed by atoms with Crippen LogP contribution in [0.2, 0.25) is 0 Å². The molecular formula is C10H24O5. The second-order valence-electron chi connectivity index (χ2n) is 2.98. The van der Waals surface area contributed by atoms with Crippen molar-refractivity contribution in [1.82, 2.24) is 0 Å². The van der Waals surface area contributed by atoms with Gasteiger partial charge in [-0.2, -0.15) is 0 Å². The molecule has 0 bridgehead atoms. The molecule has 15 heavy (non-hydrogen) atoms. The average Bonchev–Trinajstić information content (AvgIpc) is 2.20. The lowest BCUT2D eigenvalue weighted by Gasteiger charge is -2.02. The number of aliphatic hydroxyl groups is 3. The average molecular weight is 224 g/mol. The summed E-state index contributed by atoms with van der Waals surface area (Å²) in [6, 6.07) is 0. The van der Waals surface area contributed by atoms with Crippen LogP contribution in [0.4, 0.5) is 0 Å². The Morgan fingerprint density at radius 2 is 1.53 bits per heavy atom. The topological polar surface area (TPSA) is 79.2 Å². The van der Waals surface area contributed by atoms with E-state index < -0.39 is 0 Å². The molecule has 5 heteroatoms. The minimum absolute atomic E-state index is 0.0278. The van der Waals surface area contributed by atoms with Gasteiger partial charge in [0.15, 0.2) is 0 Å². The molecule has 0 aliphatic carbocycles. The standard InChI is InChI=1S/C6H14O2.C4H10O3/c1-3-4-8-5-6(2)7;5-1-3-7-4-2-6/h6-7H,3-5H2,1-2H3;5-6H,1-4H2. The first-order valence-corrected chi connectivity index (χ1v) is 5.24. The highest BCUT2D eigenvalue weighted by molar-refractivity contribution is 4.39. The summed E-state index contributed by atoms with van der Waals surface area (Å²) in [7, 11) is 0. The molecule has 0 heterocycles. The van der Waals surface area contributed by atoms with Gasteiger partial charge in [-0.05, 0) is 13.3 Å². The van der Waals surface area contributed by atoms with Crippen LogP contribution in [0.15, 0.2) is 0 Å². The highest BCUT2D eigenvalue weighted by atomic mass is 16.5. The second kappa shape index (κ2) is 16.2. The van der Waals surface area contributed by atoms with Gasteiger partial charge in [0.25, 0.3) is 0 Å². The molecule has 0 amide bonds. The van der Waals surface area contributed by atoms with Gasteiger partial charge in [0.05, 0.1) is 39.1 Å². The Bertz CT molecular complexity index is 93.8.